The molecule has 1 unspecified atom stereocenters. The molecule has 1 rings (SSSR count). The first kappa shape index (κ1) is 14.2. The molecule has 17 heavy (non-hydrogen) atoms. The van der Waals surface area contributed by atoms with Gasteiger partial charge in [-0.1, -0.05) is 44.2 Å². The molecule has 0 bridgehead atoms. The monoisotopic (exact) mass is 234 g/mol. The average molecular weight is 234 g/mol. The predicted octanol–water partition coefficient (Wildman–Crippen LogP) is 2.68. The van der Waals surface area contributed by atoms with E-state index in [9.17, 15) is 0 Å². The second-order valence-electron chi connectivity index (χ2n) is 4.72. The second kappa shape index (κ2) is 7.46. The maximum atomic E-state index is 5.93. The fourth-order valence-electron chi connectivity index (χ4n) is 2.44. The molecule has 0 aliphatic rings. The zero-order chi connectivity index (χ0) is 12.7. The van der Waals surface area contributed by atoms with E-state index < -0.39 is 0 Å². The molecule has 2 nitrogen and oxygen atoms in total. The zero-order valence-electron chi connectivity index (χ0n) is 11.4. The molecule has 0 aliphatic carbocycles. The van der Waals surface area contributed by atoms with E-state index >= 15 is 0 Å². The molecule has 1 atom stereocenters. The number of hydrogen-bond donors (Lipinski definition) is 1. The van der Waals surface area contributed by atoms with E-state index in [1.165, 1.54) is 18.4 Å². The SMILES string of the molecule is CCC(CC)N(C)C(CN)Cc1ccccc1. The van der Waals surface area contributed by atoms with Gasteiger partial charge in [-0.25, -0.2) is 0 Å². The standard InChI is InChI=1S/C15H26N2/c1-4-14(5-2)17(3)15(12-16)11-13-9-7-6-8-10-13/h6-10,14-15H,4-5,11-12,16H2,1-3H3. The minimum Gasteiger partial charge on any atom is -0.329 e. The highest BCUT2D eigenvalue weighted by Gasteiger charge is 2.19. The van der Waals surface area contributed by atoms with Crippen molar-refractivity contribution < 1.29 is 0 Å². The fraction of sp³-hybridized carbons (Fsp3) is 0.600. The molecular weight excluding hydrogens is 208 g/mol. The van der Waals surface area contributed by atoms with Crippen LogP contribution < -0.4 is 5.73 Å². The summed E-state index contributed by atoms with van der Waals surface area (Å²) in [5, 5.41) is 0. The summed E-state index contributed by atoms with van der Waals surface area (Å²) >= 11 is 0. The van der Waals surface area contributed by atoms with Crippen LogP contribution in [0.5, 0.6) is 0 Å². The van der Waals surface area contributed by atoms with Gasteiger partial charge in [-0.3, -0.25) is 4.90 Å². The molecule has 0 aliphatic heterocycles. The van der Waals surface area contributed by atoms with Gasteiger partial charge in [-0.05, 0) is 31.9 Å². The van der Waals surface area contributed by atoms with Crippen molar-refractivity contribution in [2.45, 2.75) is 45.2 Å². The van der Waals surface area contributed by atoms with E-state index in [4.69, 9.17) is 5.73 Å². The summed E-state index contributed by atoms with van der Waals surface area (Å²) in [6.45, 7) is 5.23. The summed E-state index contributed by atoms with van der Waals surface area (Å²) in [5.41, 5.74) is 7.30. The molecule has 0 amide bonds. The second-order valence-corrected chi connectivity index (χ2v) is 4.72. The third-order valence-corrected chi connectivity index (χ3v) is 3.68. The van der Waals surface area contributed by atoms with Gasteiger partial charge in [0.1, 0.15) is 0 Å². The van der Waals surface area contributed by atoms with Crippen LogP contribution in [0.1, 0.15) is 32.3 Å². The van der Waals surface area contributed by atoms with Gasteiger partial charge in [0.05, 0.1) is 0 Å². The van der Waals surface area contributed by atoms with Crippen molar-refractivity contribution in [3.05, 3.63) is 35.9 Å². The highest BCUT2D eigenvalue weighted by atomic mass is 15.2. The lowest BCUT2D eigenvalue weighted by Gasteiger charge is -2.33. The van der Waals surface area contributed by atoms with Gasteiger partial charge in [0.15, 0.2) is 0 Å². The number of nitrogens with two attached hydrogens (primary N) is 1. The van der Waals surface area contributed by atoms with Crippen LogP contribution >= 0.6 is 0 Å². The third-order valence-electron chi connectivity index (χ3n) is 3.68. The van der Waals surface area contributed by atoms with Crippen LogP contribution in [0.3, 0.4) is 0 Å². The topological polar surface area (TPSA) is 29.3 Å². The van der Waals surface area contributed by atoms with Crippen LogP contribution in [0.2, 0.25) is 0 Å². The van der Waals surface area contributed by atoms with Gasteiger partial charge < -0.3 is 5.73 Å². The quantitative estimate of drug-likeness (QED) is 0.786. The molecule has 0 aromatic heterocycles. The van der Waals surface area contributed by atoms with Crippen molar-refractivity contribution in [2.24, 2.45) is 5.73 Å². The molecule has 0 saturated heterocycles. The van der Waals surface area contributed by atoms with E-state index in [1.54, 1.807) is 0 Å². The van der Waals surface area contributed by atoms with Crippen LogP contribution in [-0.4, -0.2) is 30.6 Å². The van der Waals surface area contributed by atoms with Crippen molar-refractivity contribution in [2.75, 3.05) is 13.6 Å². The van der Waals surface area contributed by atoms with E-state index in [0.717, 1.165) is 13.0 Å². The molecule has 0 heterocycles. The number of likely N-dealkylation sites (N-methyl/N-ethyl adjacent to an activating group) is 1. The number of hydrogen-bond acceptors (Lipinski definition) is 2. The van der Waals surface area contributed by atoms with Crippen LogP contribution in [0.4, 0.5) is 0 Å². The highest BCUT2D eigenvalue weighted by molar-refractivity contribution is 5.16. The van der Waals surface area contributed by atoms with Crippen LogP contribution in [-0.2, 0) is 6.42 Å². The molecule has 96 valence electrons. The molecule has 0 fully saturated rings. The van der Waals surface area contributed by atoms with Crippen LogP contribution in [0.15, 0.2) is 30.3 Å². The molecule has 0 spiro atoms. The van der Waals surface area contributed by atoms with E-state index in [-0.39, 0.29) is 0 Å². The van der Waals surface area contributed by atoms with E-state index in [2.05, 4.69) is 56.1 Å². The van der Waals surface area contributed by atoms with Gasteiger partial charge in [-0.2, -0.15) is 0 Å². The molecule has 2 N–H and O–H groups in total. The first-order valence-corrected chi connectivity index (χ1v) is 6.68. The summed E-state index contributed by atoms with van der Waals surface area (Å²) in [4.78, 5) is 2.45. The molecule has 1 aromatic carbocycles. The van der Waals surface area contributed by atoms with Crippen molar-refractivity contribution in [3.63, 3.8) is 0 Å². The van der Waals surface area contributed by atoms with Crippen LogP contribution in [0, 0.1) is 0 Å². The fourth-order valence-corrected chi connectivity index (χ4v) is 2.44. The number of rotatable bonds is 7. The van der Waals surface area contributed by atoms with Gasteiger partial charge in [0, 0.05) is 18.6 Å². The summed E-state index contributed by atoms with van der Waals surface area (Å²) in [6, 6.07) is 11.7. The number of nitrogens with zero attached hydrogens (tertiary/aromatic N) is 1. The maximum Gasteiger partial charge on any atom is 0.0258 e. The zero-order valence-corrected chi connectivity index (χ0v) is 11.4. The Morgan fingerprint density at radius 3 is 2.12 bits per heavy atom. The third kappa shape index (κ3) is 4.14. The predicted molar refractivity (Wildman–Crippen MR) is 75.1 cm³/mol. The Bertz CT molecular complexity index is 293. The van der Waals surface area contributed by atoms with Gasteiger partial charge >= 0.3 is 0 Å². The minimum absolute atomic E-state index is 0.447. The normalized spacial score (nSPS) is 13.3. The van der Waals surface area contributed by atoms with E-state index in [0.29, 0.717) is 12.1 Å². The number of benzene rings is 1. The van der Waals surface area contributed by atoms with Crippen molar-refractivity contribution in [3.8, 4) is 0 Å². The molecule has 2 heteroatoms. The minimum atomic E-state index is 0.447. The molecule has 0 saturated carbocycles. The van der Waals surface area contributed by atoms with Gasteiger partial charge in [0.25, 0.3) is 0 Å². The Balaban J connectivity index is 2.65. The van der Waals surface area contributed by atoms with Crippen LogP contribution in [0.25, 0.3) is 0 Å². The summed E-state index contributed by atoms with van der Waals surface area (Å²) in [5.74, 6) is 0. The maximum absolute atomic E-state index is 5.93. The first-order valence-electron chi connectivity index (χ1n) is 6.68. The summed E-state index contributed by atoms with van der Waals surface area (Å²) < 4.78 is 0. The molecule has 0 radical (unpaired) electrons. The summed E-state index contributed by atoms with van der Waals surface area (Å²) in [6.07, 6.45) is 3.43. The van der Waals surface area contributed by atoms with Crippen molar-refractivity contribution in [1.29, 1.82) is 0 Å². The van der Waals surface area contributed by atoms with Gasteiger partial charge in [0.2, 0.25) is 0 Å². The van der Waals surface area contributed by atoms with Gasteiger partial charge in [-0.15, -0.1) is 0 Å². The average Bonchev–Trinajstić information content (AvgIpc) is 2.38. The van der Waals surface area contributed by atoms with Crippen molar-refractivity contribution in [1.82, 2.24) is 4.90 Å². The Kier molecular flexibility index (Phi) is 6.23. The Hall–Kier alpha value is -0.860. The lowest BCUT2D eigenvalue weighted by Crippen LogP contribution is -2.45. The molecular formula is C15H26N2. The highest BCUT2D eigenvalue weighted by Crippen LogP contribution is 2.13. The Labute approximate surface area is 106 Å². The Morgan fingerprint density at radius 2 is 1.65 bits per heavy atom. The lowest BCUT2D eigenvalue weighted by molar-refractivity contribution is 0.166. The first-order chi connectivity index (χ1) is 8.22. The molecule has 1 aromatic rings. The van der Waals surface area contributed by atoms with E-state index in [1.807, 2.05) is 0 Å². The Morgan fingerprint density at radius 1 is 1.06 bits per heavy atom. The van der Waals surface area contributed by atoms with Crippen molar-refractivity contribution >= 4 is 0 Å². The largest absolute Gasteiger partial charge is 0.329 e. The lowest BCUT2D eigenvalue weighted by atomic mass is 10.0. The summed E-state index contributed by atoms with van der Waals surface area (Å²) in [7, 11) is 2.21. The smallest absolute Gasteiger partial charge is 0.0258 e.